The summed E-state index contributed by atoms with van der Waals surface area (Å²) in [5.41, 5.74) is 0. The average Bonchev–Trinajstić information content (AvgIpc) is 1.41. The van der Waals surface area contributed by atoms with Crippen LogP contribution in [0.5, 0.6) is 0 Å². The predicted octanol–water partition coefficient (Wildman–Crippen LogP) is 20.5. The Morgan fingerprint density at radius 1 is 0.312 bits per heavy atom. The van der Waals surface area contributed by atoms with Crippen LogP contribution in [-0.4, -0.2) is 96.7 Å². The molecule has 0 rings (SSSR count). The van der Waals surface area contributed by atoms with Crippen molar-refractivity contribution < 1.29 is 80.2 Å². The summed E-state index contributed by atoms with van der Waals surface area (Å²) in [4.78, 5) is 72.5. The lowest BCUT2D eigenvalue weighted by molar-refractivity contribution is -0.161. The molecule has 0 radical (unpaired) electrons. The molecule has 19 heteroatoms. The van der Waals surface area contributed by atoms with Gasteiger partial charge in [-0.15, -0.1) is 0 Å². The number of aliphatic hydroxyl groups excluding tert-OH is 1. The second-order valence-electron chi connectivity index (χ2n) is 23.8. The van der Waals surface area contributed by atoms with E-state index in [0.29, 0.717) is 32.1 Å². The molecular weight excluding hydrogens is 1260 g/mol. The van der Waals surface area contributed by atoms with E-state index in [2.05, 4.69) is 119 Å². The minimum absolute atomic E-state index is 0.0135. The van der Waals surface area contributed by atoms with E-state index in [-0.39, 0.29) is 25.7 Å². The van der Waals surface area contributed by atoms with Gasteiger partial charge in [-0.05, 0) is 89.9 Å². The Kier molecular flexibility index (Phi) is 65.3. The highest BCUT2D eigenvalue weighted by Gasteiger charge is 2.30. The summed E-state index contributed by atoms with van der Waals surface area (Å²) >= 11 is 0. The van der Waals surface area contributed by atoms with Crippen LogP contribution >= 0.6 is 15.6 Å². The van der Waals surface area contributed by atoms with Crippen LogP contribution in [0.4, 0.5) is 0 Å². The lowest BCUT2D eigenvalue weighted by Gasteiger charge is -2.21. The molecule has 0 saturated heterocycles. The van der Waals surface area contributed by atoms with E-state index in [0.717, 1.165) is 103 Å². The van der Waals surface area contributed by atoms with Gasteiger partial charge in [-0.3, -0.25) is 37.3 Å². The molecule has 3 N–H and O–H groups in total. The third kappa shape index (κ3) is 67.8. The van der Waals surface area contributed by atoms with Crippen molar-refractivity contribution in [2.45, 2.75) is 290 Å². The van der Waals surface area contributed by atoms with Crippen LogP contribution in [0.15, 0.2) is 134 Å². The van der Waals surface area contributed by atoms with Crippen molar-refractivity contribution in [3.05, 3.63) is 134 Å². The predicted molar refractivity (Wildman–Crippen MR) is 390 cm³/mol. The highest BCUT2D eigenvalue weighted by atomic mass is 31.2. The molecule has 0 aliphatic carbocycles. The molecule has 96 heavy (non-hydrogen) atoms. The zero-order valence-corrected chi connectivity index (χ0v) is 61.3. The Labute approximate surface area is 580 Å². The normalized spacial score (nSPS) is 14.8. The van der Waals surface area contributed by atoms with Crippen LogP contribution in [0.2, 0.25) is 0 Å². The maximum atomic E-state index is 13.0. The molecule has 0 heterocycles. The highest BCUT2D eigenvalue weighted by Crippen LogP contribution is 2.45. The van der Waals surface area contributed by atoms with E-state index in [4.69, 9.17) is 37.0 Å². The molecule has 548 valence electrons. The SMILES string of the molecule is CC/C=C\C/C=C\C/C=C\C/C=C\C/C=C\C/C=C\CCC(=O)OCC(COP(=O)(O)OCC(O)COP(=O)(O)OCC(COC(=O)CCCCCCCCCCCCC)OC(=O)CCCCCCCCCCCCC)OC(=O)C/C=C\C/C=C\C/C=C\C/C=C\C/C=C\CC. The van der Waals surface area contributed by atoms with Crippen LogP contribution < -0.4 is 0 Å². The van der Waals surface area contributed by atoms with E-state index in [1.807, 2.05) is 30.4 Å². The van der Waals surface area contributed by atoms with E-state index in [1.165, 1.54) is 83.5 Å². The van der Waals surface area contributed by atoms with Crippen molar-refractivity contribution in [3.8, 4) is 0 Å². The molecule has 0 spiro atoms. The van der Waals surface area contributed by atoms with Gasteiger partial charge < -0.3 is 33.8 Å². The molecule has 0 aliphatic heterocycles. The number of unbranched alkanes of at least 4 members (excludes halogenated alkanes) is 20. The van der Waals surface area contributed by atoms with Crippen LogP contribution in [0, 0.1) is 0 Å². The Morgan fingerprint density at radius 2 is 0.583 bits per heavy atom. The number of aliphatic hydroxyl groups is 1. The number of carbonyl (C=O) groups is 4. The second-order valence-corrected chi connectivity index (χ2v) is 26.7. The molecule has 5 unspecified atom stereocenters. The molecule has 0 aromatic heterocycles. The summed E-state index contributed by atoms with van der Waals surface area (Å²) in [6.07, 6.45) is 75.1. The number of carbonyl (C=O) groups excluding carboxylic acids is 4. The molecule has 0 bridgehead atoms. The Hall–Kier alpha value is -4.80. The lowest BCUT2D eigenvalue weighted by atomic mass is 10.1. The van der Waals surface area contributed by atoms with E-state index in [9.17, 15) is 43.2 Å². The fourth-order valence-corrected chi connectivity index (χ4v) is 10.8. The quantitative estimate of drug-likeness (QED) is 0.0169. The molecule has 0 amide bonds. The summed E-state index contributed by atoms with van der Waals surface area (Å²) in [6, 6.07) is 0. The van der Waals surface area contributed by atoms with Gasteiger partial charge in [-0.1, -0.05) is 290 Å². The van der Waals surface area contributed by atoms with Crippen LogP contribution in [0.3, 0.4) is 0 Å². The largest absolute Gasteiger partial charge is 0.472 e. The topological polar surface area (TPSA) is 237 Å². The minimum atomic E-state index is -5.01. The van der Waals surface area contributed by atoms with Gasteiger partial charge in [-0.25, -0.2) is 9.13 Å². The highest BCUT2D eigenvalue weighted by molar-refractivity contribution is 7.47. The third-order valence-corrected chi connectivity index (χ3v) is 16.6. The van der Waals surface area contributed by atoms with Crippen molar-refractivity contribution >= 4 is 39.5 Å². The number of hydrogen-bond acceptors (Lipinski definition) is 15. The Balaban J connectivity index is 5.46. The summed E-state index contributed by atoms with van der Waals surface area (Å²) in [5, 5.41) is 10.6. The van der Waals surface area contributed by atoms with Gasteiger partial charge in [-0.2, -0.15) is 0 Å². The van der Waals surface area contributed by atoms with Gasteiger partial charge in [0.15, 0.2) is 12.2 Å². The van der Waals surface area contributed by atoms with Crippen molar-refractivity contribution in [2.75, 3.05) is 39.6 Å². The standard InChI is InChI=1S/C77H128O17P2/c1-5-9-13-17-21-25-29-31-33-34-35-36-38-39-43-46-50-54-58-62-75(80)88-68-73(94-77(82)64-60-56-52-48-44-40-37-32-30-26-22-18-14-10-6-2)70-92-96(85,86)90-66-71(78)65-89-95(83,84)91-69-72(93-76(81)63-59-55-51-47-42-28-24-20-16-12-8-4)67-87-74(79)61-57-53-49-45-41-27-23-19-15-11-7-3/h9-10,13-14,21-22,25-26,31-33,35-37,39,43-44,48,50,54,56,60,71-73,78H,5-8,11-12,15-20,23-24,27-30,34,38,40-42,45-47,49,51-53,55,57-59,61-70H2,1-4H3,(H,83,84)(H,85,86)/b13-9-,14-10-,25-21-,26-22-,33-31-,36-35-,37-32-,43-39-,48-44-,54-50-,60-56-. The number of hydrogen-bond donors (Lipinski definition) is 3. The minimum Gasteiger partial charge on any atom is -0.462 e. The average molecular weight is 1390 g/mol. The monoisotopic (exact) mass is 1390 g/mol. The van der Waals surface area contributed by atoms with Crippen molar-refractivity contribution in [1.29, 1.82) is 0 Å². The number of phosphoric ester groups is 2. The Bertz CT molecular complexity index is 2350. The first-order valence-electron chi connectivity index (χ1n) is 36.4. The molecular formula is C77H128O17P2. The number of rotatable bonds is 67. The number of allylic oxidation sites excluding steroid dienone is 21. The van der Waals surface area contributed by atoms with Crippen LogP contribution in [0.1, 0.15) is 272 Å². The van der Waals surface area contributed by atoms with Gasteiger partial charge in [0.25, 0.3) is 0 Å². The molecule has 0 saturated carbocycles. The van der Waals surface area contributed by atoms with E-state index in [1.54, 1.807) is 12.2 Å². The summed E-state index contributed by atoms with van der Waals surface area (Å²) in [6.45, 7) is 4.41. The lowest BCUT2D eigenvalue weighted by Crippen LogP contribution is -2.30. The fraction of sp³-hybridized carbons (Fsp3) is 0.662. The molecule has 0 aromatic rings. The smallest absolute Gasteiger partial charge is 0.462 e. The van der Waals surface area contributed by atoms with Crippen molar-refractivity contribution in [1.82, 2.24) is 0 Å². The third-order valence-electron chi connectivity index (χ3n) is 14.7. The van der Waals surface area contributed by atoms with Gasteiger partial charge in [0.05, 0.1) is 32.8 Å². The number of ether oxygens (including phenoxy) is 4. The summed E-state index contributed by atoms with van der Waals surface area (Å²) in [7, 11) is -9.99. The zero-order valence-electron chi connectivity index (χ0n) is 59.5. The summed E-state index contributed by atoms with van der Waals surface area (Å²) < 4.78 is 68.0. The zero-order chi connectivity index (χ0) is 70.4. The maximum absolute atomic E-state index is 13.0. The van der Waals surface area contributed by atoms with Crippen LogP contribution in [-0.2, 0) is 65.4 Å². The number of esters is 4. The van der Waals surface area contributed by atoms with Gasteiger partial charge in [0.1, 0.15) is 19.3 Å². The van der Waals surface area contributed by atoms with E-state index >= 15 is 0 Å². The molecule has 17 nitrogen and oxygen atoms in total. The van der Waals surface area contributed by atoms with Crippen molar-refractivity contribution in [2.24, 2.45) is 0 Å². The molecule has 0 aromatic carbocycles. The number of phosphoric acid groups is 2. The van der Waals surface area contributed by atoms with Crippen LogP contribution in [0.25, 0.3) is 0 Å². The Morgan fingerprint density at radius 3 is 0.927 bits per heavy atom. The van der Waals surface area contributed by atoms with Gasteiger partial charge in [0, 0.05) is 19.3 Å². The first-order valence-corrected chi connectivity index (χ1v) is 39.4. The first-order chi connectivity index (χ1) is 46.7. The summed E-state index contributed by atoms with van der Waals surface area (Å²) in [5.74, 6) is -2.42. The fourth-order valence-electron chi connectivity index (χ4n) is 9.20. The molecule has 0 aliphatic rings. The first kappa shape index (κ1) is 91.2. The second kappa shape index (κ2) is 68.7. The van der Waals surface area contributed by atoms with Gasteiger partial charge >= 0.3 is 39.5 Å². The van der Waals surface area contributed by atoms with E-state index < -0.39 is 97.5 Å². The molecule has 5 atom stereocenters. The maximum Gasteiger partial charge on any atom is 0.472 e. The van der Waals surface area contributed by atoms with Crippen molar-refractivity contribution in [3.63, 3.8) is 0 Å². The van der Waals surface area contributed by atoms with Gasteiger partial charge in [0.2, 0.25) is 0 Å². The molecule has 0 fully saturated rings.